The van der Waals surface area contributed by atoms with Gasteiger partial charge >= 0.3 is 0 Å². The highest BCUT2D eigenvalue weighted by molar-refractivity contribution is 9.10. The van der Waals surface area contributed by atoms with Crippen LogP contribution in [-0.2, 0) is 16.2 Å². The van der Waals surface area contributed by atoms with Crippen molar-refractivity contribution in [1.29, 1.82) is 0 Å². The van der Waals surface area contributed by atoms with Gasteiger partial charge in [0.05, 0.1) is 11.1 Å². The predicted octanol–water partition coefficient (Wildman–Crippen LogP) is 8.83. The highest BCUT2D eigenvalue weighted by Crippen LogP contribution is 2.55. The molecular weight excluding hydrogens is 590 g/mol. The summed E-state index contributed by atoms with van der Waals surface area (Å²) in [5.74, 6) is 1.11. The lowest BCUT2D eigenvalue weighted by molar-refractivity contribution is -0.119. The van der Waals surface area contributed by atoms with E-state index in [4.69, 9.17) is 9.47 Å². The number of ether oxygens (including phenoxy) is 2. The molecule has 1 heterocycles. The molecule has 2 aliphatic carbocycles. The lowest BCUT2D eigenvalue weighted by Crippen LogP contribution is -2.44. The summed E-state index contributed by atoms with van der Waals surface area (Å²) >= 11 is 3.78. The molecule has 0 unspecified atom stereocenters. The minimum atomic E-state index is -0.419. The van der Waals surface area contributed by atoms with E-state index < -0.39 is 5.92 Å². The van der Waals surface area contributed by atoms with Crippen LogP contribution in [0.3, 0.4) is 0 Å². The molecular formula is C36H44BrNO4. The summed E-state index contributed by atoms with van der Waals surface area (Å²) in [6.07, 6.45) is 3.51. The normalized spacial score (nSPS) is 20.0. The molecule has 0 aromatic heterocycles. The number of Topliss-reactive ketones (excluding diaryl/α,β-unsaturated/α-hetero) is 2. The molecule has 224 valence electrons. The van der Waals surface area contributed by atoms with Gasteiger partial charge in [-0.15, -0.1) is 0 Å². The number of carbonyl (C=O) groups excluding carboxylic acids is 2. The highest BCUT2D eigenvalue weighted by atomic mass is 79.9. The molecule has 2 aromatic rings. The van der Waals surface area contributed by atoms with Crippen LogP contribution in [0.25, 0.3) is 0 Å². The minimum absolute atomic E-state index is 0.135. The van der Waals surface area contributed by atoms with E-state index in [1.165, 1.54) is 5.56 Å². The van der Waals surface area contributed by atoms with Crippen LogP contribution in [-0.4, -0.2) is 29.6 Å². The smallest absolute Gasteiger partial charge is 0.175 e. The van der Waals surface area contributed by atoms with Crippen LogP contribution >= 0.6 is 15.9 Å². The largest absolute Gasteiger partial charge is 0.490 e. The van der Waals surface area contributed by atoms with Gasteiger partial charge < -0.3 is 14.4 Å². The second kappa shape index (κ2) is 11.7. The van der Waals surface area contributed by atoms with Gasteiger partial charge in [-0.2, -0.15) is 0 Å². The lowest BCUT2D eigenvalue weighted by Gasteiger charge is -2.49. The summed E-state index contributed by atoms with van der Waals surface area (Å²) in [6, 6.07) is 12.3. The molecule has 0 atom stereocenters. The van der Waals surface area contributed by atoms with E-state index in [1.807, 2.05) is 19.1 Å². The third-order valence-corrected chi connectivity index (χ3v) is 9.23. The molecule has 5 rings (SSSR count). The number of aryl methyl sites for hydroxylation is 1. The molecule has 0 spiro atoms. The average Bonchev–Trinajstić information content (AvgIpc) is 2.88. The van der Waals surface area contributed by atoms with Gasteiger partial charge in [-0.1, -0.05) is 64.4 Å². The van der Waals surface area contributed by atoms with Crippen molar-refractivity contribution in [2.24, 2.45) is 10.8 Å². The van der Waals surface area contributed by atoms with Gasteiger partial charge in [0.1, 0.15) is 6.61 Å². The van der Waals surface area contributed by atoms with Crippen LogP contribution in [0, 0.1) is 17.8 Å². The Morgan fingerprint density at radius 2 is 1.43 bits per heavy atom. The Bertz CT molecular complexity index is 1410. The molecule has 0 N–H and O–H groups in total. The Morgan fingerprint density at radius 3 is 1.95 bits per heavy atom. The Kier molecular flexibility index (Phi) is 8.50. The lowest BCUT2D eigenvalue weighted by atomic mass is 9.63. The van der Waals surface area contributed by atoms with Gasteiger partial charge in [-0.05, 0) is 83.1 Å². The highest BCUT2D eigenvalue weighted by Gasteiger charge is 2.49. The standard InChI is InChI=1S/C36H44BrNO4/c1-8-14-38-26-17-35(4,5)19-28(39)32(26)31(33-27(38)18-36(6,7)20-29(33)40)24-15-25(37)34(30(16-24)41-9-2)42-21-23-12-10-22(3)11-13-23/h10-13,15-16,31H,8-9,14,17-21H2,1-7H3. The van der Waals surface area contributed by atoms with Gasteiger partial charge in [0.15, 0.2) is 23.1 Å². The van der Waals surface area contributed by atoms with E-state index in [0.29, 0.717) is 37.6 Å². The van der Waals surface area contributed by atoms with E-state index in [2.05, 4.69) is 86.6 Å². The van der Waals surface area contributed by atoms with Gasteiger partial charge in [-0.25, -0.2) is 0 Å². The Balaban J connectivity index is 1.66. The molecule has 0 radical (unpaired) electrons. The van der Waals surface area contributed by atoms with Gasteiger partial charge in [0.2, 0.25) is 0 Å². The number of allylic oxidation sites excluding steroid dienone is 4. The van der Waals surface area contributed by atoms with Crippen molar-refractivity contribution < 1.29 is 19.1 Å². The van der Waals surface area contributed by atoms with Crippen LogP contribution in [0.2, 0.25) is 0 Å². The number of carbonyl (C=O) groups is 2. The van der Waals surface area contributed by atoms with E-state index >= 15 is 0 Å². The first kappa shape index (κ1) is 30.6. The van der Waals surface area contributed by atoms with Crippen molar-refractivity contribution in [3.05, 3.63) is 80.1 Å². The summed E-state index contributed by atoms with van der Waals surface area (Å²) in [5.41, 5.74) is 6.67. The van der Waals surface area contributed by atoms with Crippen molar-refractivity contribution in [2.75, 3.05) is 13.2 Å². The molecule has 6 heteroatoms. The summed E-state index contributed by atoms with van der Waals surface area (Å²) in [5, 5.41) is 0. The Labute approximate surface area is 259 Å². The fraction of sp³-hybridized carbons (Fsp3) is 0.500. The number of ketones is 2. The summed E-state index contributed by atoms with van der Waals surface area (Å²) in [6.45, 7) is 16.6. The second-order valence-corrected chi connectivity index (χ2v) is 14.6. The van der Waals surface area contributed by atoms with Crippen LogP contribution in [0.15, 0.2) is 63.4 Å². The van der Waals surface area contributed by atoms with Crippen molar-refractivity contribution in [3.8, 4) is 11.5 Å². The predicted molar refractivity (Wildman–Crippen MR) is 171 cm³/mol. The van der Waals surface area contributed by atoms with E-state index in [-0.39, 0.29) is 22.4 Å². The fourth-order valence-electron chi connectivity index (χ4n) is 6.87. The Hall–Kier alpha value is -2.86. The van der Waals surface area contributed by atoms with Gasteiger partial charge in [0.25, 0.3) is 0 Å². The molecule has 42 heavy (non-hydrogen) atoms. The third-order valence-electron chi connectivity index (χ3n) is 8.64. The molecule has 3 aliphatic rings. The monoisotopic (exact) mass is 633 g/mol. The van der Waals surface area contributed by atoms with Crippen molar-refractivity contribution in [2.45, 2.75) is 93.1 Å². The van der Waals surface area contributed by atoms with Crippen LogP contribution in [0.5, 0.6) is 11.5 Å². The molecule has 0 fully saturated rings. The maximum Gasteiger partial charge on any atom is 0.175 e. The molecule has 0 amide bonds. The first-order valence-corrected chi connectivity index (χ1v) is 16.1. The quantitative estimate of drug-likeness (QED) is 0.291. The van der Waals surface area contributed by atoms with E-state index in [9.17, 15) is 9.59 Å². The molecule has 1 aliphatic heterocycles. The minimum Gasteiger partial charge on any atom is -0.490 e. The fourth-order valence-corrected chi connectivity index (χ4v) is 7.45. The van der Waals surface area contributed by atoms with Gasteiger partial charge in [-0.3, -0.25) is 9.59 Å². The summed E-state index contributed by atoms with van der Waals surface area (Å²) in [4.78, 5) is 30.4. The maximum atomic E-state index is 14.0. The number of nitrogens with zero attached hydrogens (tertiary/aromatic N) is 1. The SMILES string of the molecule is CCCN1C2=C(C(=O)CC(C)(C)C2)C(c2cc(Br)c(OCc3ccc(C)cc3)c(OCC)c2)C2=C1CC(C)(C)CC2=O. The third kappa shape index (κ3) is 5.97. The summed E-state index contributed by atoms with van der Waals surface area (Å²) in [7, 11) is 0. The van der Waals surface area contributed by atoms with Crippen molar-refractivity contribution in [1.82, 2.24) is 4.90 Å². The number of halogens is 1. The first-order chi connectivity index (χ1) is 19.8. The molecule has 0 saturated carbocycles. The number of rotatable bonds is 8. The second-order valence-electron chi connectivity index (χ2n) is 13.7. The van der Waals surface area contributed by atoms with Crippen molar-refractivity contribution >= 4 is 27.5 Å². The topological polar surface area (TPSA) is 55.8 Å². The Morgan fingerprint density at radius 1 is 0.857 bits per heavy atom. The molecule has 0 saturated heterocycles. The molecule has 5 nitrogen and oxygen atoms in total. The van der Waals surface area contributed by atoms with Crippen LogP contribution in [0.4, 0.5) is 0 Å². The number of benzene rings is 2. The average molecular weight is 635 g/mol. The van der Waals surface area contributed by atoms with E-state index in [0.717, 1.165) is 63.9 Å². The number of hydrogen-bond acceptors (Lipinski definition) is 5. The molecule has 0 bridgehead atoms. The number of hydrogen-bond donors (Lipinski definition) is 0. The van der Waals surface area contributed by atoms with Crippen molar-refractivity contribution in [3.63, 3.8) is 0 Å². The summed E-state index contributed by atoms with van der Waals surface area (Å²) < 4.78 is 13.2. The van der Waals surface area contributed by atoms with Crippen LogP contribution < -0.4 is 9.47 Å². The molecule has 2 aromatic carbocycles. The van der Waals surface area contributed by atoms with E-state index in [1.54, 1.807) is 0 Å². The zero-order chi connectivity index (χ0) is 30.4. The zero-order valence-corrected chi connectivity index (χ0v) is 27.7. The zero-order valence-electron chi connectivity index (χ0n) is 26.2. The first-order valence-electron chi connectivity index (χ1n) is 15.3. The van der Waals surface area contributed by atoms with Gasteiger partial charge in [0, 0.05) is 47.8 Å². The van der Waals surface area contributed by atoms with Crippen LogP contribution in [0.1, 0.15) is 96.3 Å². The maximum absolute atomic E-state index is 14.0.